The third-order valence-corrected chi connectivity index (χ3v) is 17.0. The highest BCUT2D eigenvalue weighted by Gasteiger charge is 2.51. The lowest BCUT2D eigenvalue weighted by Crippen LogP contribution is -2.71. The largest absolute Gasteiger partial charge is 0.437 e. The quantitative estimate of drug-likeness (QED) is 0.201. The smallest absolute Gasteiger partial charge is 0.388 e. The Bertz CT molecular complexity index is 721. The zero-order chi connectivity index (χ0) is 32.3. The second-order valence-electron chi connectivity index (χ2n) is 9.28. The van der Waals surface area contributed by atoms with E-state index in [1.54, 1.807) is 0 Å². The molecule has 20 heteroatoms. The van der Waals surface area contributed by atoms with Gasteiger partial charge in [0.1, 0.15) is 0 Å². The van der Waals surface area contributed by atoms with E-state index in [-0.39, 0.29) is 19.6 Å². The number of rotatable bonds is 8. The lowest BCUT2D eigenvalue weighted by Gasteiger charge is -2.43. The van der Waals surface area contributed by atoms with Gasteiger partial charge in [-0.05, 0) is 62.7 Å². The third kappa shape index (κ3) is 27.1. The van der Waals surface area contributed by atoms with E-state index >= 15 is 0 Å². The molecule has 0 amide bonds. The van der Waals surface area contributed by atoms with Gasteiger partial charge in [0.2, 0.25) is 0 Å². The first-order valence-electron chi connectivity index (χ1n) is 10.4. The Morgan fingerprint density at radius 2 is 0.643 bits per heavy atom. The van der Waals surface area contributed by atoms with Crippen LogP contribution in [0, 0.1) is 0 Å². The van der Waals surface area contributed by atoms with E-state index in [9.17, 15) is 0 Å². The van der Waals surface area contributed by atoms with Gasteiger partial charge >= 0.3 is 17.1 Å². The molecule has 2 aromatic rings. The third-order valence-electron chi connectivity index (χ3n) is 3.70. The topological polar surface area (TPSA) is 27.7 Å². The predicted molar refractivity (Wildman–Crippen MR) is 155 cm³/mol. The number of hydrogen-bond acceptors (Lipinski definition) is 3. The van der Waals surface area contributed by atoms with Crippen molar-refractivity contribution >= 4 is 44.1 Å². The molecule has 0 saturated heterocycles. The summed E-state index contributed by atoms with van der Waals surface area (Å²) in [5.41, 5.74) is 0. The summed E-state index contributed by atoms with van der Waals surface area (Å²) in [5, 5.41) is 2.30. The second kappa shape index (κ2) is 33.8. The van der Waals surface area contributed by atoms with Crippen LogP contribution in [-0.4, -0.2) is 33.8 Å². The van der Waals surface area contributed by atoms with Gasteiger partial charge in [-0.2, -0.15) is 0 Å². The Kier molecular flexibility index (Phi) is 48.0. The molecule has 42 heavy (non-hydrogen) atoms. The maximum atomic E-state index is 8.00. The van der Waals surface area contributed by atoms with Crippen molar-refractivity contribution in [2.75, 3.05) is 0 Å². The molecule has 0 aliphatic heterocycles. The highest BCUT2D eigenvalue weighted by atomic mass is 28.5. The van der Waals surface area contributed by atoms with Crippen molar-refractivity contribution in [1.29, 1.82) is 0 Å². The Balaban J connectivity index is -0.000000114. The number of halogens is 13. The molecule has 0 unspecified atom stereocenters. The van der Waals surface area contributed by atoms with Gasteiger partial charge in [0.05, 0.1) is 0 Å². The van der Waals surface area contributed by atoms with Crippen molar-refractivity contribution in [3.8, 4) is 0 Å². The minimum absolute atomic E-state index is 0. The lowest BCUT2D eigenvalue weighted by atomic mass is 10.4. The Morgan fingerprint density at radius 1 is 0.405 bits per heavy atom. The van der Waals surface area contributed by atoms with E-state index < -0.39 is 33.8 Å². The molecule has 0 heterocycles. The fraction of sp³-hybridized carbons (Fsp3) is 0.455. The molecule has 256 valence electrons. The summed E-state index contributed by atoms with van der Waals surface area (Å²) >= 11 is 0. The van der Waals surface area contributed by atoms with Gasteiger partial charge in [-0.15, -0.1) is 0 Å². The normalized spacial score (nSPS) is 9.62. The first-order valence-corrected chi connectivity index (χ1v) is 21.9. The number of hydrogen-bond donors (Lipinski definition) is 0. The molecule has 2 rings (SSSR count). The van der Waals surface area contributed by atoms with E-state index in [0.717, 1.165) is 10.4 Å². The fourth-order valence-corrected chi connectivity index (χ4v) is 20.0. The van der Waals surface area contributed by atoms with Crippen molar-refractivity contribution in [3.63, 3.8) is 0 Å². The fourth-order valence-electron chi connectivity index (χ4n) is 3.27. The summed E-state index contributed by atoms with van der Waals surface area (Å²) < 4.78 is 117. The molecule has 0 atom stereocenters. The monoisotopic (exact) mass is 714 g/mol. The molecule has 0 aromatic heterocycles. The van der Waals surface area contributed by atoms with Gasteiger partial charge in [-0.25, -0.2) is 0 Å². The summed E-state index contributed by atoms with van der Waals surface area (Å²) in [6, 6.07) is 21.0. The summed E-state index contributed by atoms with van der Waals surface area (Å²) in [5.74, 6) is 0. The van der Waals surface area contributed by atoms with Crippen LogP contribution in [0.4, 0.5) is 59.6 Å². The minimum Gasteiger partial charge on any atom is -0.437 e. The average molecular weight is 715 g/mol. The molecular formula is C22H43F13O3Si4. The molecular weight excluding hydrogens is 672 g/mol. The van der Waals surface area contributed by atoms with Crippen LogP contribution in [0.1, 0.15) is 14.9 Å². The van der Waals surface area contributed by atoms with Crippen LogP contribution in [0.25, 0.3) is 0 Å². The highest BCUT2D eigenvalue weighted by molar-refractivity contribution is 7.02. The summed E-state index contributed by atoms with van der Waals surface area (Å²) in [7, 11) is -8.96. The van der Waals surface area contributed by atoms with Crippen molar-refractivity contribution in [3.05, 3.63) is 60.7 Å². The van der Waals surface area contributed by atoms with E-state index in [4.69, 9.17) is 67.2 Å². The summed E-state index contributed by atoms with van der Waals surface area (Å²) in [6.45, 7) is 17.7. The maximum absolute atomic E-state index is 8.00. The highest BCUT2D eigenvalue weighted by Crippen LogP contribution is 2.24. The molecule has 0 bridgehead atoms. The van der Waals surface area contributed by atoms with Gasteiger partial charge in [-0.3, -0.25) is 4.70 Å². The van der Waals surface area contributed by atoms with Crippen molar-refractivity contribution in [1.82, 2.24) is 0 Å². The molecule has 0 aliphatic carbocycles. The van der Waals surface area contributed by atoms with Gasteiger partial charge in [0, 0.05) is 54.9 Å². The molecule has 2 aromatic carbocycles. The van der Waals surface area contributed by atoms with Crippen LogP contribution in [0.2, 0.25) is 52.4 Å². The molecule has 3 nitrogen and oxygen atoms in total. The van der Waals surface area contributed by atoms with Crippen LogP contribution >= 0.6 is 0 Å². The van der Waals surface area contributed by atoms with Crippen LogP contribution in [-0.2, 0) is 12.3 Å². The standard InChI is InChI=1S/C20H34O3Si4.2CH4.6F2.FH/c1-24(2,3)21-26(7,8)23-27(22-25(4,5)6,19-15-11-9-12-16-19)20-17-13-10-14-18-20;;;6*1-2;/h9-18H,1-8H3;2*1H4;;;;;;;1H. The molecule has 0 spiro atoms. The van der Waals surface area contributed by atoms with E-state index in [2.05, 4.69) is 101 Å². The van der Waals surface area contributed by atoms with Crippen LogP contribution in [0.3, 0.4) is 0 Å². The SMILES string of the molecule is C.C.C[Si](C)(C)O[Si](C)(C)O[Si](O[Si](C)(C)C)(c1ccccc1)c1ccccc1.F.FF.FF.FF.FF.FF.FF. The minimum atomic E-state index is -2.90. The summed E-state index contributed by atoms with van der Waals surface area (Å²) in [6.07, 6.45) is 0. The molecule has 0 N–H and O–H groups in total. The first-order chi connectivity index (χ1) is 18.3. The van der Waals surface area contributed by atoms with Crippen LogP contribution < -0.4 is 10.4 Å². The Labute approximate surface area is 244 Å². The van der Waals surface area contributed by atoms with Gasteiger partial charge < -0.3 is 12.3 Å². The summed E-state index contributed by atoms with van der Waals surface area (Å²) in [4.78, 5) is 0. The first kappa shape index (κ1) is 59.6. The van der Waals surface area contributed by atoms with Gasteiger partial charge in [-0.1, -0.05) is 75.5 Å². The number of benzene rings is 2. The van der Waals surface area contributed by atoms with E-state index in [0.29, 0.717) is 0 Å². The predicted octanol–water partition coefficient (Wildman–Crippen LogP) is 11.1. The van der Waals surface area contributed by atoms with Crippen molar-refractivity contribution in [2.45, 2.75) is 67.2 Å². The molecule has 0 saturated carbocycles. The zero-order valence-corrected chi connectivity index (χ0v) is 26.9. The molecule has 0 radical (unpaired) electrons. The Hall–Kier alpha value is -1.72. The van der Waals surface area contributed by atoms with Crippen molar-refractivity contribution < 1.29 is 71.9 Å². The van der Waals surface area contributed by atoms with E-state index in [1.807, 2.05) is 12.1 Å². The Morgan fingerprint density at radius 3 is 0.857 bits per heavy atom. The van der Waals surface area contributed by atoms with Crippen LogP contribution in [0.5, 0.6) is 0 Å². The van der Waals surface area contributed by atoms with E-state index in [1.165, 1.54) is 0 Å². The lowest BCUT2D eigenvalue weighted by molar-refractivity contribution is 0.108. The zero-order valence-electron chi connectivity index (χ0n) is 22.9. The molecule has 0 aliphatic rings. The van der Waals surface area contributed by atoms with Crippen LogP contribution in [0.15, 0.2) is 60.7 Å². The molecule has 0 fully saturated rings. The second-order valence-corrected chi connectivity index (χ2v) is 25.4. The van der Waals surface area contributed by atoms with Gasteiger partial charge in [0.25, 0.3) is 0 Å². The van der Waals surface area contributed by atoms with Gasteiger partial charge in [0.15, 0.2) is 16.6 Å². The maximum Gasteiger partial charge on any atom is 0.388 e. The van der Waals surface area contributed by atoms with Crippen molar-refractivity contribution in [2.24, 2.45) is 0 Å². The average Bonchev–Trinajstić information content (AvgIpc) is 2.94.